The fourth-order valence-electron chi connectivity index (χ4n) is 2.06. The van der Waals surface area contributed by atoms with E-state index < -0.39 is 10.0 Å². The Bertz CT molecular complexity index is 557. The molecule has 1 aromatic heterocycles. The lowest BCUT2D eigenvalue weighted by molar-refractivity contribution is -0.129. The summed E-state index contributed by atoms with van der Waals surface area (Å²) in [6.45, 7) is 5.22. The van der Waals surface area contributed by atoms with Crippen molar-refractivity contribution in [2.75, 3.05) is 26.2 Å². The first kappa shape index (κ1) is 14.5. The van der Waals surface area contributed by atoms with E-state index in [1.54, 1.807) is 11.0 Å². The minimum atomic E-state index is -3.39. The van der Waals surface area contributed by atoms with E-state index in [1.807, 2.05) is 13.0 Å². The van der Waals surface area contributed by atoms with Crippen molar-refractivity contribution in [3.63, 3.8) is 0 Å². The first-order valence-electron chi connectivity index (χ1n) is 6.29. The molecule has 2 rings (SSSR count). The molecule has 0 saturated carbocycles. The van der Waals surface area contributed by atoms with Gasteiger partial charge in [0.15, 0.2) is 0 Å². The second kappa shape index (κ2) is 5.60. The number of thiophene rings is 1. The van der Waals surface area contributed by atoms with E-state index >= 15 is 0 Å². The van der Waals surface area contributed by atoms with E-state index in [-0.39, 0.29) is 5.91 Å². The number of rotatable bonds is 3. The molecular weight excluding hydrogens is 284 g/mol. The van der Waals surface area contributed by atoms with E-state index in [0.717, 1.165) is 11.3 Å². The van der Waals surface area contributed by atoms with Crippen molar-refractivity contribution in [1.29, 1.82) is 0 Å². The van der Waals surface area contributed by atoms with Gasteiger partial charge in [0.1, 0.15) is 4.21 Å². The van der Waals surface area contributed by atoms with Crippen molar-refractivity contribution in [3.05, 3.63) is 17.0 Å². The molecule has 1 aromatic rings. The van der Waals surface area contributed by atoms with Crippen LogP contribution in [0.25, 0.3) is 0 Å². The molecule has 1 aliphatic rings. The van der Waals surface area contributed by atoms with Gasteiger partial charge in [-0.05, 0) is 18.6 Å². The third kappa shape index (κ3) is 2.98. The molecule has 5 nitrogen and oxygen atoms in total. The highest BCUT2D eigenvalue weighted by atomic mass is 32.2. The summed E-state index contributed by atoms with van der Waals surface area (Å²) in [6, 6.07) is 3.54. The highest BCUT2D eigenvalue weighted by Crippen LogP contribution is 2.25. The van der Waals surface area contributed by atoms with E-state index in [0.29, 0.717) is 30.4 Å². The molecule has 1 aliphatic heterocycles. The normalized spacial score (nSPS) is 17.7. The molecule has 0 unspecified atom stereocenters. The topological polar surface area (TPSA) is 57.7 Å². The second-order valence-corrected chi connectivity index (χ2v) is 7.82. The highest BCUT2D eigenvalue weighted by molar-refractivity contribution is 7.91. The summed E-state index contributed by atoms with van der Waals surface area (Å²) in [5.74, 6) is 0.00133. The molecule has 2 heterocycles. The molecule has 0 radical (unpaired) electrons. The number of carbonyl (C=O) groups is 1. The Balaban J connectivity index is 2.11. The first-order valence-corrected chi connectivity index (χ1v) is 8.55. The minimum Gasteiger partial charge on any atom is -0.340 e. The van der Waals surface area contributed by atoms with Crippen LogP contribution >= 0.6 is 11.3 Å². The average Bonchev–Trinajstić information content (AvgIpc) is 2.88. The van der Waals surface area contributed by atoms with Gasteiger partial charge in [-0.25, -0.2) is 8.42 Å². The SMILES string of the molecule is CCc1ccc(S(=O)(=O)N2CCN(C(C)=O)CC2)s1. The van der Waals surface area contributed by atoms with Gasteiger partial charge in [-0.1, -0.05) is 6.92 Å². The number of hydrogen-bond acceptors (Lipinski definition) is 4. The number of nitrogens with zero attached hydrogens (tertiary/aromatic N) is 2. The number of aryl methyl sites for hydroxylation is 1. The monoisotopic (exact) mass is 302 g/mol. The van der Waals surface area contributed by atoms with Crippen LogP contribution in [0.15, 0.2) is 16.3 Å². The zero-order valence-corrected chi connectivity index (χ0v) is 12.8. The molecule has 0 aliphatic carbocycles. The van der Waals surface area contributed by atoms with Crippen molar-refractivity contribution in [2.45, 2.75) is 24.5 Å². The van der Waals surface area contributed by atoms with Crippen molar-refractivity contribution >= 4 is 27.3 Å². The lowest BCUT2D eigenvalue weighted by Crippen LogP contribution is -2.49. The quantitative estimate of drug-likeness (QED) is 0.842. The summed E-state index contributed by atoms with van der Waals surface area (Å²) in [5, 5.41) is 0. The van der Waals surface area contributed by atoms with Crippen molar-refractivity contribution < 1.29 is 13.2 Å². The molecule has 7 heteroatoms. The van der Waals surface area contributed by atoms with Gasteiger partial charge in [0.2, 0.25) is 5.91 Å². The van der Waals surface area contributed by atoms with Gasteiger partial charge in [0, 0.05) is 38.0 Å². The van der Waals surface area contributed by atoms with Crippen LogP contribution in [0.5, 0.6) is 0 Å². The van der Waals surface area contributed by atoms with Crippen LogP contribution in [0.3, 0.4) is 0 Å². The Hall–Kier alpha value is -0.920. The predicted molar refractivity (Wildman–Crippen MR) is 74.7 cm³/mol. The van der Waals surface area contributed by atoms with Gasteiger partial charge in [-0.2, -0.15) is 4.31 Å². The predicted octanol–water partition coefficient (Wildman–Crippen LogP) is 1.16. The molecule has 19 heavy (non-hydrogen) atoms. The second-order valence-electron chi connectivity index (χ2n) is 4.48. The Labute approximate surface area is 117 Å². The molecule has 1 fully saturated rings. The van der Waals surface area contributed by atoms with Gasteiger partial charge in [0.05, 0.1) is 0 Å². The Morgan fingerprint density at radius 1 is 1.26 bits per heavy atom. The van der Waals surface area contributed by atoms with Crippen LogP contribution in [0.1, 0.15) is 18.7 Å². The smallest absolute Gasteiger partial charge is 0.252 e. The number of hydrogen-bond donors (Lipinski definition) is 0. The standard InChI is InChI=1S/C12H18N2O3S2/c1-3-11-4-5-12(18-11)19(16,17)14-8-6-13(7-9-14)10(2)15/h4-5H,3,6-9H2,1-2H3. The zero-order valence-electron chi connectivity index (χ0n) is 11.1. The number of sulfonamides is 1. The van der Waals surface area contributed by atoms with E-state index in [2.05, 4.69) is 0 Å². The van der Waals surface area contributed by atoms with Crippen LogP contribution in [0, 0.1) is 0 Å². The number of piperazine rings is 1. The zero-order chi connectivity index (χ0) is 14.0. The maximum atomic E-state index is 12.4. The summed E-state index contributed by atoms with van der Waals surface area (Å²) in [7, 11) is -3.39. The summed E-state index contributed by atoms with van der Waals surface area (Å²) < 4.78 is 26.7. The fourth-order valence-corrected chi connectivity index (χ4v) is 4.93. The molecule has 1 amide bonds. The summed E-state index contributed by atoms with van der Waals surface area (Å²) >= 11 is 1.33. The van der Waals surface area contributed by atoms with Crippen molar-refractivity contribution in [3.8, 4) is 0 Å². The molecule has 106 valence electrons. The van der Waals surface area contributed by atoms with Gasteiger partial charge < -0.3 is 4.90 Å². The molecular formula is C12H18N2O3S2. The van der Waals surface area contributed by atoms with Crippen molar-refractivity contribution in [1.82, 2.24) is 9.21 Å². The van der Waals surface area contributed by atoms with Crippen LogP contribution < -0.4 is 0 Å². The average molecular weight is 302 g/mol. The first-order chi connectivity index (χ1) is 8.95. The minimum absolute atomic E-state index is 0.00133. The van der Waals surface area contributed by atoms with E-state index in [4.69, 9.17) is 0 Å². The van der Waals surface area contributed by atoms with E-state index in [9.17, 15) is 13.2 Å². The maximum absolute atomic E-state index is 12.4. The Kier molecular flexibility index (Phi) is 4.27. The van der Waals surface area contributed by atoms with Crippen LogP contribution in [0.2, 0.25) is 0 Å². The van der Waals surface area contributed by atoms with Gasteiger partial charge in [-0.3, -0.25) is 4.79 Å². The molecule has 0 spiro atoms. The van der Waals surface area contributed by atoms with Gasteiger partial charge >= 0.3 is 0 Å². The van der Waals surface area contributed by atoms with Crippen LogP contribution in [0.4, 0.5) is 0 Å². The number of amides is 1. The number of carbonyl (C=O) groups excluding carboxylic acids is 1. The molecule has 0 atom stereocenters. The van der Waals surface area contributed by atoms with E-state index in [1.165, 1.54) is 22.6 Å². The lowest BCUT2D eigenvalue weighted by Gasteiger charge is -2.33. The Morgan fingerprint density at radius 2 is 1.89 bits per heavy atom. The lowest BCUT2D eigenvalue weighted by atomic mass is 10.3. The van der Waals surface area contributed by atoms with Crippen LogP contribution in [-0.2, 0) is 21.2 Å². The molecule has 0 aromatic carbocycles. The third-order valence-electron chi connectivity index (χ3n) is 3.26. The third-order valence-corrected chi connectivity index (χ3v) is 6.86. The summed E-state index contributed by atoms with van der Waals surface area (Å²) in [6.07, 6.45) is 0.846. The highest BCUT2D eigenvalue weighted by Gasteiger charge is 2.30. The van der Waals surface area contributed by atoms with Gasteiger partial charge in [0.25, 0.3) is 10.0 Å². The molecule has 1 saturated heterocycles. The maximum Gasteiger partial charge on any atom is 0.252 e. The summed E-state index contributed by atoms with van der Waals surface area (Å²) in [5.41, 5.74) is 0. The molecule has 0 bridgehead atoms. The van der Waals surface area contributed by atoms with Crippen LogP contribution in [-0.4, -0.2) is 49.7 Å². The summed E-state index contributed by atoms with van der Waals surface area (Å²) in [4.78, 5) is 14.0. The van der Waals surface area contributed by atoms with Gasteiger partial charge in [-0.15, -0.1) is 11.3 Å². The fraction of sp³-hybridized carbons (Fsp3) is 0.583. The largest absolute Gasteiger partial charge is 0.340 e. The Morgan fingerprint density at radius 3 is 2.37 bits per heavy atom. The van der Waals surface area contributed by atoms with Crippen molar-refractivity contribution in [2.24, 2.45) is 0 Å². The molecule has 0 N–H and O–H groups in total.